The number of hydrogen-bond acceptors (Lipinski definition) is 7. The third-order valence-corrected chi connectivity index (χ3v) is 7.14. The van der Waals surface area contributed by atoms with Gasteiger partial charge in [0.05, 0.1) is 18.6 Å². The van der Waals surface area contributed by atoms with Crippen molar-refractivity contribution in [3.63, 3.8) is 0 Å². The molecule has 194 valence electrons. The predicted octanol–water partition coefficient (Wildman–Crippen LogP) is 3.28. The minimum Gasteiger partial charge on any atom is -0.507 e. The molecule has 0 saturated heterocycles. The van der Waals surface area contributed by atoms with E-state index in [0.29, 0.717) is 37.9 Å². The quantitative estimate of drug-likeness (QED) is 0.314. The number of rotatable bonds is 13. The molecule has 0 fully saturated rings. The van der Waals surface area contributed by atoms with Gasteiger partial charge in [-0.25, -0.2) is 0 Å². The standard InChI is InChI=1S/C29H37NO6/c1-18-3-5-20(6-4-18)15-30-16-23-7-8-26(34)29-24(23)13-21(14-28(29)36)12-22(9-10-31)25(17-32)27(35)11-19(2)33/h3-8,21-22,25,30-32,34H,9-17H2,1-2H3. The van der Waals surface area contributed by atoms with E-state index in [9.17, 15) is 29.7 Å². The molecule has 0 bridgehead atoms. The van der Waals surface area contributed by atoms with Crippen molar-refractivity contribution in [2.75, 3.05) is 13.2 Å². The van der Waals surface area contributed by atoms with Crippen LogP contribution in [0.25, 0.3) is 0 Å². The molecular weight excluding hydrogens is 458 g/mol. The second-order valence-corrected chi connectivity index (χ2v) is 10.0. The smallest absolute Gasteiger partial charge is 0.167 e. The molecule has 0 amide bonds. The Bertz CT molecular complexity index is 1080. The fourth-order valence-corrected chi connectivity index (χ4v) is 5.30. The molecule has 36 heavy (non-hydrogen) atoms. The summed E-state index contributed by atoms with van der Waals surface area (Å²) < 4.78 is 0. The third-order valence-electron chi connectivity index (χ3n) is 7.14. The van der Waals surface area contributed by atoms with Crippen molar-refractivity contribution < 1.29 is 29.7 Å². The van der Waals surface area contributed by atoms with Crippen LogP contribution >= 0.6 is 0 Å². The Morgan fingerprint density at radius 3 is 2.42 bits per heavy atom. The van der Waals surface area contributed by atoms with Gasteiger partial charge in [0, 0.05) is 32.0 Å². The van der Waals surface area contributed by atoms with Crippen molar-refractivity contribution in [1.82, 2.24) is 5.32 Å². The zero-order chi connectivity index (χ0) is 26.2. The molecule has 7 nitrogen and oxygen atoms in total. The number of aliphatic hydroxyl groups is 2. The van der Waals surface area contributed by atoms with Crippen molar-refractivity contribution in [3.8, 4) is 5.75 Å². The summed E-state index contributed by atoms with van der Waals surface area (Å²) in [4.78, 5) is 37.1. The van der Waals surface area contributed by atoms with Crippen molar-refractivity contribution in [2.45, 2.75) is 59.0 Å². The number of carbonyl (C=O) groups is 3. The molecule has 2 aromatic carbocycles. The highest BCUT2D eigenvalue weighted by molar-refractivity contribution is 6.01. The number of aryl methyl sites for hydroxylation is 1. The van der Waals surface area contributed by atoms with E-state index in [-0.39, 0.29) is 54.4 Å². The topological polar surface area (TPSA) is 124 Å². The maximum Gasteiger partial charge on any atom is 0.167 e. The lowest BCUT2D eigenvalue weighted by Gasteiger charge is -2.31. The molecule has 3 atom stereocenters. The number of hydrogen-bond donors (Lipinski definition) is 4. The molecular formula is C29H37NO6. The summed E-state index contributed by atoms with van der Waals surface area (Å²) in [5, 5.41) is 33.4. The Hall–Kier alpha value is -2.87. The van der Waals surface area contributed by atoms with Crippen LogP contribution in [-0.4, -0.2) is 45.9 Å². The van der Waals surface area contributed by atoms with Gasteiger partial charge in [-0.05, 0) is 67.7 Å². The summed E-state index contributed by atoms with van der Waals surface area (Å²) in [6.07, 6.45) is 1.30. The first-order chi connectivity index (χ1) is 17.2. The normalized spacial score (nSPS) is 16.9. The SMILES string of the molecule is CC(=O)CC(=O)C(CO)C(CCO)CC1CC(=O)c2c(O)ccc(CNCc3ccc(C)cc3)c2C1. The van der Waals surface area contributed by atoms with E-state index in [4.69, 9.17) is 0 Å². The van der Waals surface area contributed by atoms with Gasteiger partial charge in [0.2, 0.25) is 0 Å². The van der Waals surface area contributed by atoms with Gasteiger partial charge in [-0.1, -0.05) is 35.9 Å². The minimum atomic E-state index is -0.752. The number of nitrogens with one attached hydrogen (secondary N) is 1. The first-order valence-corrected chi connectivity index (χ1v) is 12.6. The highest BCUT2D eigenvalue weighted by Gasteiger charge is 2.34. The number of ketones is 3. The van der Waals surface area contributed by atoms with Crippen LogP contribution in [0.15, 0.2) is 36.4 Å². The van der Waals surface area contributed by atoms with Crippen LogP contribution in [0.3, 0.4) is 0 Å². The number of Topliss-reactive ketones (excluding diaryl/α,β-unsaturated/α-hetero) is 3. The first kappa shape index (κ1) is 27.7. The van der Waals surface area contributed by atoms with E-state index >= 15 is 0 Å². The molecule has 0 radical (unpaired) electrons. The second-order valence-electron chi connectivity index (χ2n) is 10.0. The molecule has 0 aliphatic heterocycles. The summed E-state index contributed by atoms with van der Waals surface area (Å²) in [6.45, 7) is 4.03. The maximum absolute atomic E-state index is 13.1. The highest BCUT2D eigenvalue weighted by atomic mass is 16.3. The van der Waals surface area contributed by atoms with Crippen molar-refractivity contribution in [3.05, 3.63) is 64.2 Å². The van der Waals surface area contributed by atoms with E-state index in [1.165, 1.54) is 12.5 Å². The average molecular weight is 496 g/mol. The average Bonchev–Trinajstić information content (AvgIpc) is 2.81. The van der Waals surface area contributed by atoms with Crippen LogP contribution in [0.1, 0.15) is 65.2 Å². The van der Waals surface area contributed by atoms with Crippen LogP contribution in [0.4, 0.5) is 0 Å². The fourth-order valence-electron chi connectivity index (χ4n) is 5.30. The second kappa shape index (κ2) is 12.9. The lowest BCUT2D eigenvalue weighted by atomic mass is 9.73. The summed E-state index contributed by atoms with van der Waals surface area (Å²) >= 11 is 0. The van der Waals surface area contributed by atoms with Gasteiger partial charge in [0.1, 0.15) is 17.3 Å². The minimum absolute atomic E-state index is 0.0208. The molecule has 1 aliphatic carbocycles. The predicted molar refractivity (Wildman–Crippen MR) is 137 cm³/mol. The van der Waals surface area contributed by atoms with Crippen LogP contribution in [0.2, 0.25) is 0 Å². The molecule has 0 saturated carbocycles. The largest absolute Gasteiger partial charge is 0.507 e. The fraction of sp³-hybridized carbons (Fsp3) is 0.483. The van der Waals surface area contributed by atoms with Crippen LogP contribution in [-0.2, 0) is 29.1 Å². The van der Waals surface area contributed by atoms with Crippen LogP contribution in [0.5, 0.6) is 5.75 Å². The van der Waals surface area contributed by atoms with Gasteiger partial charge >= 0.3 is 0 Å². The van der Waals surface area contributed by atoms with E-state index in [2.05, 4.69) is 29.6 Å². The highest BCUT2D eigenvalue weighted by Crippen LogP contribution is 2.38. The van der Waals surface area contributed by atoms with E-state index < -0.39 is 12.5 Å². The number of aromatic hydroxyl groups is 1. The molecule has 0 spiro atoms. The molecule has 0 heterocycles. The molecule has 0 aromatic heterocycles. The van der Waals surface area contributed by atoms with Gasteiger partial charge in [-0.2, -0.15) is 0 Å². The summed E-state index contributed by atoms with van der Waals surface area (Å²) in [7, 11) is 0. The van der Waals surface area contributed by atoms with Crippen molar-refractivity contribution in [1.29, 1.82) is 0 Å². The summed E-state index contributed by atoms with van der Waals surface area (Å²) in [5.74, 6) is -1.95. The molecule has 4 N–H and O–H groups in total. The number of benzene rings is 2. The molecule has 3 unspecified atom stereocenters. The monoisotopic (exact) mass is 495 g/mol. The summed E-state index contributed by atoms with van der Waals surface area (Å²) in [6, 6.07) is 11.7. The van der Waals surface area contributed by atoms with Gasteiger partial charge in [0.25, 0.3) is 0 Å². The lowest BCUT2D eigenvalue weighted by Crippen LogP contribution is -2.33. The molecule has 2 aromatic rings. The maximum atomic E-state index is 13.1. The Kier molecular flexibility index (Phi) is 9.93. The van der Waals surface area contributed by atoms with Crippen molar-refractivity contribution >= 4 is 17.3 Å². The first-order valence-electron chi connectivity index (χ1n) is 12.6. The Labute approximate surface area is 212 Å². The molecule has 3 rings (SSSR count). The van der Waals surface area contributed by atoms with Gasteiger partial charge in [0.15, 0.2) is 5.78 Å². The van der Waals surface area contributed by atoms with Gasteiger partial charge in [-0.15, -0.1) is 0 Å². The van der Waals surface area contributed by atoms with Gasteiger partial charge < -0.3 is 20.6 Å². The van der Waals surface area contributed by atoms with Crippen molar-refractivity contribution in [2.24, 2.45) is 17.8 Å². The van der Waals surface area contributed by atoms with E-state index in [1.54, 1.807) is 6.07 Å². The van der Waals surface area contributed by atoms with E-state index in [1.807, 2.05) is 13.0 Å². The number of aliphatic hydroxyl groups excluding tert-OH is 2. The lowest BCUT2D eigenvalue weighted by molar-refractivity contribution is -0.131. The summed E-state index contributed by atoms with van der Waals surface area (Å²) in [5.41, 5.74) is 4.47. The Balaban J connectivity index is 1.76. The van der Waals surface area contributed by atoms with Crippen LogP contribution in [0, 0.1) is 24.7 Å². The number of carbonyl (C=O) groups excluding carboxylic acids is 3. The Morgan fingerprint density at radius 1 is 1.06 bits per heavy atom. The molecule has 1 aliphatic rings. The third kappa shape index (κ3) is 7.09. The van der Waals surface area contributed by atoms with E-state index in [0.717, 1.165) is 16.7 Å². The Morgan fingerprint density at radius 2 is 1.78 bits per heavy atom. The zero-order valence-corrected chi connectivity index (χ0v) is 21.1. The number of phenolic OH excluding ortho intramolecular Hbond substituents is 1. The zero-order valence-electron chi connectivity index (χ0n) is 21.1. The van der Waals surface area contributed by atoms with Gasteiger partial charge in [-0.3, -0.25) is 14.4 Å². The molecule has 7 heteroatoms. The number of fused-ring (bicyclic) bond motifs is 1. The van der Waals surface area contributed by atoms with Crippen LogP contribution < -0.4 is 5.32 Å². The number of phenols is 1.